The number of alkyl halides is 1. The highest BCUT2D eigenvalue weighted by Gasteiger charge is 2.49. The van der Waals surface area contributed by atoms with Gasteiger partial charge >= 0.3 is 6.01 Å². The average Bonchev–Trinajstić information content (AvgIpc) is 3.89. The molecule has 0 unspecified atom stereocenters. The van der Waals surface area contributed by atoms with Crippen molar-refractivity contribution in [2.24, 2.45) is 5.73 Å². The molecule has 0 aliphatic carbocycles. The molecule has 3 aliphatic heterocycles. The molecule has 5 aromatic rings. The van der Waals surface area contributed by atoms with Gasteiger partial charge in [-0.05, 0) is 72.1 Å². The van der Waals surface area contributed by atoms with Crippen LogP contribution in [0, 0.1) is 28.9 Å². The van der Waals surface area contributed by atoms with Crippen molar-refractivity contribution in [2.75, 3.05) is 52.2 Å². The Kier molecular flexibility index (Phi) is 12.8. The first-order valence-corrected chi connectivity index (χ1v) is 24.6. The first-order chi connectivity index (χ1) is 31.0. The topological polar surface area (TPSA) is 130 Å². The number of primary amides is 1. The number of benzene rings is 3. The Morgan fingerprint density at radius 1 is 0.954 bits per heavy atom. The van der Waals surface area contributed by atoms with E-state index in [-0.39, 0.29) is 99.4 Å². The number of hydrogen-bond acceptors (Lipinski definition) is 10. The van der Waals surface area contributed by atoms with Crippen LogP contribution in [0.2, 0.25) is 16.6 Å². The maximum Gasteiger partial charge on any atom is 0.319 e. The Hall–Kier alpha value is -5.44. The van der Waals surface area contributed by atoms with Crippen molar-refractivity contribution >= 4 is 41.5 Å². The van der Waals surface area contributed by atoms with Crippen molar-refractivity contribution in [3.05, 3.63) is 64.7 Å². The standard InChI is InChI=1S/C48H57F4N7O5Si/c1-27(2)65(28(3)4,29(5)6)18-13-34-36(50)12-11-30-19-33(64-26-61-7)21-35(38(30)34)39-41(51)43-40(44(62-8)42(39)52)46(57-15-10-17-59-32(24-57)20-37(56-59)45(53)60)55-47(54-43)63-25-48-14-9-16-58(48)23-31(49)22-48/h11-12,19-21,27-29,31H,9-10,14-17,22-26H2,1-8H3,(H2,53,60)/t31-,48+/m1/s1. The molecule has 3 aliphatic rings. The van der Waals surface area contributed by atoms with E-state index >= 15 is 13.2 Å². The predicted octanol–water partition coefficient (Wildman–Crippen LogP) is 9.09. The van der Waals surface area contributed by atoms with Crippen LogP contribution in [0.15, 0.2) is 30.3 Å². The zero-order valence-electron chi connectivity index (χ0n) is 38.3. The number of methoxy groups -OCH3 is 2. The van der Waals surface area contributed by atoms with Gasteiger partial charge in [-0.15, -0.1) is 5.54 Å². The van der Waals surface area contributed by atoms with Crippen LogP contribution >= 0.6 is 0 Å². The smallest absolute Gasteiger partial charge is 0.319 e. The molecule has 0 saturated carbocycles. The molecule has 65 heavy (non-hydrogen) atoms. The second-order valence-corrected chi connectivity index (χ2v) is 24.1. The van der Waals surface area contributed by atoms with Gasteiger partial charge in [-0.1, -0.05) is 53.5 Å². The number of rotatable bonds is 13. The molecule has 0 radical (unpaired) electrons. The van der Waals surface area contributed by atoms with E-state index < -0.39 is 48.7 Å². The number of carbonyl (C=O) groups is 1. The summed E-state index contributed by atoms with van der Waals surface area (Å²) in [6, 6.07) is 7.31. The van der Waals surface area contributed by atoms with Crippen LogP contribution in [0.3, 0.4) is 0 Å². The molecule has 8 rings (SSSR count). The van der Waals surface area contributed by atoms with Crippen molar-refractivity contribution < 1.29 is 41.3 Å². The van der Waals surface area contributed by atoms with E-state index in [9.17, 15) is 9.18 Å². The normalized spacial score (nSPS) is 18.9. The number of anilines is 1. The number of fused-ring (bicyclic) bond motifs is 4. The van der Waals surface area contributed by atoms with E-state index in [1.165, 1.54) is 32.4 Å². The maximum absolute atomic E-state index is 18.1. The summed E-state index contributed by atoms with van der Waals surface area (Å²) in [5.41, 5.74) is 9.06. The molecule has 2 aromatic heterocycles. The molecule has 346 valence electrons. The molecule has 1 amide bonds. The number of aromatic nitrogens is 4. The second-order valence-electron chi connectivity index (χ2n) is 18.5. The van der Waals surface area contributed by atoms with E-state index in [0.29, 0.717) is 43.6 Å². The summed E-state index contributed by atoms with van der Waals surface area (Å²) in [7, 11) is 0.287. The van der Waals surface area contributed by atoms with Gasteiger partial charge in [0, 0.05) is 44.1 Å². The van der Waals surface area contributed by atoms with Crippen molar-refractivity contribution in [1.29, 1.82) is 0 Å². The number of ether oxygens (including phenoxy) is 4. The van der Waals surface area contributed by atoms with Crippen LogP contribution in [0.4, 0.5) is 23.4 Å². The zero-order valence-corrected chi connectivity index (χ0v) is 39.3. The summed E-state index contributed by atoms with van der Waals surface area (Å²) in [4.78, 5) is 25.5. The van der Waals surface area contributed by atoms with Gasteiger partial charge in [-0.3, -0.25) is 14.4 Å². The fraction of sp³-hybridized carbons (Fsp3) is 0.500. The predicted molar refractivity (Wildman–Crippen MR) is 244 cm³/mol. The number of aryl methyl sites for hydroxylation is 1. The van der Waals surface area contributed by atoms with Gasteiger partial charge in [-0.2, -0.15) is 15.1 Å². The molecule has 0 spiro atoms. The molecule has 12 nitrogen and oxygen atoms in total. The van der Waals surface area contributed by atoms with Crippen LogP contribution < -0.4 is 24.8 Å². The molecule has 2 fully saturated rings. The van der Waals surface area contributed by atoms with Gasteiger partial charge in [0.25, 0.3) is 5.91 Å². The van der Waals surface area contributed by atoms with Crippen molar-refractivity contribution in [3.8, 4) is 40.1 Å². The van der Waals surface area contributed by atoms with Crippen LogP contribution in [0.1, 0.15) is 89.0 Å². The van der Waals surface area contributed by atoms with Crippen LogP contribution in [-0.4, -0.2) is 97.6 Å². The minimum Gasteiger partial charge on any atom is -0.493 e. The summed E-state index contributed by atoms with van der Waals surface area (Å²) >= 11 is 0. The van der Waals surface area contributed by atoms with E-state index in [1.807, 2.05) is 4.90 Å². The third kappa shape index (κ3) is 8.15. The highest BCUT2D eigenvalue weighted by Crippen LogP contribution is 2.48. The third-order valence-electron chi connectivity index (χ3n) is 13.9. The Bertz CT molecular complexity index is 2700. The lowest BCUT2D eigenvalue weighted by Crippen LogP contribution is -2.43. The van der Waals surface area contributed by atoms with Crippen molar-refractivity contribution in [1.82, 2.24) is 24.6 Å². The summed E-state index contributed by atoms with van der Waals surface area (Å²) < 4.78 is 92.3. The molecule has 0 bridgehead atoms. The van der Waals surface area contributed by atoms with Crippen LogP contribution in [-0.2, 0) is 17.8 Å². The molecular weight excluding hydrogens is 859 g/mol. The number of amides is 1. The summed E-state index contributed by atoms with van der Waals surface area (Å²) in [6.07, 6.45) is 1.33. The maximum atomic E-state index is 18.1. The number of hydrogen-bond donors (Lipinski definition) is 1. The van der Waals surface area contributed by atoms with Crippen LogP contribution in [0.5, 0.6) is 17.5 Å². The summed E-state index contributed by atoms with van der Waals surface area (Å²) in [5.74, 6) is -0.321. The van der Waals surface area contributed by atoms with Crippen molar-refractivity contribution in [2.45, 2.75) is 109 Å². The van der Waals surface area contributed by atoms with Crippen LogP contribution in [0.25, 0.3) is 32.8 Å². The number of nitrogens with zero attached hydrogens (tertiary/aromatic N) is 6. The Morgan fingerprint density at radius 3 is 2.40 bits per heavy atom. The minimum atomic E-state index is -2.43. The molecule has 2 N–H and O–H groups in total. The molecule has 17 heteroatoms. The molecule has 2 atom stereocenters. The van der Waals surface area contributed by atoms with Gasteiger partial charge in [-0.25, -0.2) is 17.6 Å². The minimum absolute atomic E-state index is 0.000470. The molecule has 2 saturated heterocycles. The first kappa shape index (κ1) is 46.1. The number of nitrogens with two attached hydrogens (primary N) is 1. The van der Waals surface area contributed by atoms with Gasteiger partial charge in [0.1, 0.15) is 49.4 Å². The quantitative estimate of drug-likeness (QED) is 0.0529. The Balaban J connectivity index is 1.39. The molecular formula is C48H57F4N7O5Si. The monoisotopic (exact) mass is 915 g/mol. The van der Waals surface area contributed by atoms with E-state index in [0.717, 1.165) is 13.0 Å². The van der Waals surface area contributed by atoms with E-state index in [1.54, 1.807) is 16.8 Å². The average molecular weight is 916 g/mol. The zero-order chi connectivity index (χ0) is 46.5. The number of halogens is 4. The highest BCUT2D eigenvalue weighted by atomic mass is 28.3. The highest BCUT2D eigenvalue weighted by molar-refractivity contribution is 6.90. The first-order valence-electron chi connectivity index (χ1n) is 22.3. The second kappa shape index (κ2) is 18.1. The van der Waals surface area contributed by atoms with Crippen molar-refractivity contribution in [3.63, 3.8) is 0 Å². The van der Waals surface area contributed by atoms with Gasteiger partial charge in [0.15, 0.2) is 24.2 Å². The lowest BCUT2D eigenvalue weighted by atomic mass is 9.92. The fourth-order valence-electron chi connectivity index (χ4n) is 10.9. The Morgan fingerprint density at radius 2 is 1.71 bits per heavy atom. The lowest BCUT2D eigenvalue weighted by Gasteiger charge is -2.38. The largest absolute Gasteiger partial charge is 0.493 e. The Labute approximate surface area is 377 Å². The lowest BCUT2D eigenvalue weighted by molar-refractivity contribution is 0.0512. The van der Waals surface area contributed by atoms with E-state index in [2.05, 4.69) is 68.0 Å². The van der Waals surface area contributed by atoms with Gasteiger partial charge in [0.2, 0.25) is 0 Å². The van der Waals surface area contributed by atoms with Gasteiger partial charge < -0.3 is 29.6 Å². The van der Waals surface area contributed by atoms with E-state index in [4.69, 9.17) is 29.7 Å². The molecule has 5 heterocycles. The SMILES string of the molecule is COCOc1cc(-c2c(F)c(OC)c3c(N4CCCn5nc(C(N)=O)cc5C4)nc(OC[C@@]45CCCN4C[C@H](F)C5)nc3c2F)c2c(C#C[Si](C(C)C)(C(C)C)C(C)C)c(F)ccc2c1. The summed E-state index contributed by atoms with van der Waals surface area (Å²) in [5, 5.41) is 4.91. The molecule has 3 aromatic carbocycles. The summed E-state index contributed by atoms with van der Waals surface area (Å²) in [6.45, 7) is 14.7. The fourth-order valence-corrected chi connectivity index (χ4v) is 16.1. The van der Waals surface area contributed by atoms with Gasteiger partial charge in [0.05, 0.1) is 41.4 Å². The number of carbonyl (C=O) groups excluding carboxylic acids is 1. The third-order valence-corrected chi connectivity index (χ3v) is 20.2.